The summed E-state index contributed by atoms with van der Waals surface area (Å²) in [6.45, 7) is 1.27. The van der Waals surface area contributed by atoms with Crippen molar-refractivity contribution >= 4 is 11.8 Å². The molecule has 3 aliphatic heterocycles. The van der Waals surface area contributed by atoms with Gasteiger partial charge in [0.25, 0.3) is 17.4 Å². The van der Waals surface area contributed by atoms with Crippen LogP contribution in [0.15, 0.2) is 77.9 Å². The molecule has 10 nitrogen and oxygen atoms in total. The Kier molecular flexibility index (Phi) is 6.50. The Morgan fingerprint density at radius 3 is 2.77 bits per heavy atom. The number of pyridine rings is 1. The minimum absolute atomic E-state index is 0.166. The first-order valence-corrected chi connectivity index (χ1v) is 12.7. The summed E-state index contributed by atoms with van der Waals surface area (Å²) in [5, 5.41) is 9.21. The van der Waals surface area contributed by atoms with Gasteiger partial charge < -0.3 is 19.7 Å². The number of hydrogen-bond donors (Lipinski definition) is 2. The molecule has 0 saturated heterocycles. The minimum atomic E-state index is -0.407. The van der Waals surface area contributed by atoms with E-state index in [1.165, 1.54) is 18.3 Å². The number of aromatic amines is 1. The first kappa shape index (κ1) is 24.4. The number of fused-ring (bicyclic) bond motifs is 6. The van der Waals surface area contributed by atoms with Crippen LogP contribution in [0.2, 0.25) is 0 Å². The summed E-state index contributed by atoms with van der Waals surface area (Å²) >= 11 is 0. The van der Waals surface area contributed by atoms with Gasteiger partial charge in [0.15, 0.2) is 0 Å². The highest BCUT2D eigenvalue weighted by Crippen LogP contribution is 2.39. The summed E-state index contributed by atoms with van der Waals surface area (Å²) in [6.07, 6.45) is 4.27. The van der Waals surface area contributed by atoms with E-state index >= 15 is 0 Å². The molecule has 2 aromatic carbocycles. The second-order valence-electron chi connectivity index (χ2n) is 9.36. The van der Waals surface area contributed by atoms with E-state index in [1.807, 2.05) is 42.5 Å². The van der Waals surface area contributed by atoms with Gasteiger partial charge in [-0.2, -0.15) is 5.10 Å². The van der Waals surface area contributed by atoms with E-state index in [1.54, 1.807) is 17.2 Å². The van der Waals surface area contributed by atoms with Crippen LogP contribution in [0, 0.1) is 0 Å². The van der Waals surface area contributed by atoms with Gasteiger partial charge in [-0.15, -0.1) is 0 Å². The van der Waals surface area contributed by atoms with Crippen molar-refractivity contribution in [2.75, 3.05) is 19.7 Å². The molecule has 2 amide bonds. The third-order valence-corrected chi connectivity index (χ3v) is 6.76. The molecule has 3 aliphatic rings. The lowest BCUT2D eigenvalue weighted by Crippen LogP contribution is -2.41. The first-order valence-electron chi connectivity index (χ1n) is 12.7. The van der Waals surface area contributed by atoms with E-state index < -0.39 is 6.04 Å². The van der Waals surface area contributed by atoms with Crippen molar-refractivity contribution in [1.29, 1.82) is 0 Å². The van der Waals surface area contributed by atoms with Gasteiger partial charge in [0.2, 0.25) is 0 Å². The molecule has 8 bridgehead atoms. The number of amides is 2. The van der Waals surface area contributed by atoms with Crippen LogP contribution >= 0.6 is 0 Å². The number of ether oxygens (including phenoxy) is 2. The fourth-order valence-corrected chi connectivity index (χ4v) is 4.93. The van der Waals surface area contributed by atoms with Crippen LogP contribution in [0.25, 0.3) is 0 Å². The molecule has 196 valence electrons. The van der Waals surface area contributed by atoms with Crippen molar-refractivity contribution in [1.82, 2.24) is 25.4 Å². The molecule has 0 saturated carbocycles. The first-order chi connectivity index (χ1) is 19.0. The van der Waals surface area contributed by atoms with Gasteiger partial charge in [0.1, 0.15) is 22.9 Å². The fourth-order valence-electron chi connectivity index (χ4n) is 4.93. The SMILES string of the molecule is O=C1NCCCOc2cccc(c2)C2c3ccc(cc3CCN2C(=O)c2ccc(=O)[nH]n2)Oc2cncc1c2. The number of nitrogens with one attached hydrogen (secondary N) is 2. The second kappa shape index (κ2) is 10.4. The number of benzene rings is 2. The van der Waals surface area contributed by atoms with Crippen LogP contribution in [0.4, 0.5) is 0 Å². The Bertz CT molecular complexity index is 1600. The van der Waals surface area contributed by atoms with E-state index in [-0.39, 0.29) is 23.1 Å². The molecule has 5 heterocycles. The molecule has 0 aliphatic carbocycles. The van der Waals surface area contributed by atoms with Crippen molar-refractivity contribution < 1.29 is 19.1 Å². The van der Waals surface area contributed by atoms with Crippen LogP contribution in [-0.2, 0) is 6.42 Å². The van der Waals surface area contributed by atoms with Crippen LogP contribution in [-0.4, -0.2) is 51.6 Å². The molecule has 39 heavy (non-hydrogen) atoms. The number of H-pyrrole nitrogens is 1. The van der Waals surface area contributed by atoms with Crippen LogP contribution in [0.3, 0.4) is 0 Å². The molecule has 0 spiro atoms. The standard InChI is InChI=1S/C29H25N5O5/c35-26-8-7-25(32-33-26)29(37)34-11-9-18-13-22-5-6-24(18)27(34)19-3-1-4-21(14-19)38-12-2-10-31-28(36)20-15-23(39-22)17-30-16-20/h1,3-8,13-17,27H,2,9-12H2,(H,31,36)(H,33,35). The average molecular weight is 524 g/mol. The Labute approximate surface area is 223 Å². The Balaban J connectivity index is 1.43. The molecule has 0 radical (unpaired) electrons. The molecule has 4 aromatic rings. The maximum absolute atomic E-state index is 13.6. The molecule has 2 aromatic heterocycles. The third kappa shape index (κ3) is 5.08. The topological polar surface area (TPSA) is 127 Å². The average Bonchev–Trinajstić information content (AvgIpc) is 2.96. The van der Waals surface area contributed by atoms with Crippen molar-refractivity contribution in [2.24, 2.45) is 0 Å². The highest BCUT2D eigenvalue weighted by atomic mass is 16.5. The highest BCUT2D eigenvalue weighted by molar-refractivity contribution is 5.94. The van der Waals surface area contributed by atoms with E-state index in [9.17, 15) is 14.4 Å². The van der Waals surface area contributed by atoms with Gasteiger partial charge in [0, 0.05) is 25.4 Å². The maximum Gasteiger partial charge on any atom is 0.275 e. The smallest absolute Gasteiger partial charge is 0.275 e. The molecule has 0 fully saturated rings. The van der Waals surface area contributed by atoms with Crippen molar-refractivity contribution in [2.45, 2.75) is 18.9 Å². The van der Waals surface area contributed by atoms with Crippen LogP contribution in [0.5, 0.6) is 17.2 Å². The largest absolute Gasteiger partial charge is 0.494 e. The zero-order valence-electron chi connectivity index (χ0n) is 20.9. The summed E-state index contributed by atoms with van der Waals surface area (Å²) in [5.41, 5.74) is 3.07. The summed E-state index contributed by atoms with van der Waals surface area (Å²) in [7, 11) is 0. The summed E-state index contributed by atoms with van der Waals surface area (Å²) in [4.78, 5) is 43.7. The molecule has 10 heteroatoms. The number of hydrogen-bond acceptors (Lipinski definition) is 7. The molecular formula is C29H25N5O5. The normalized spacial score (nSPS) is 16.8. The van der Waals surface area contributed by atoms with Crippen LogP contribution < -0.4 is 20.3 Å². The molecule has 1 atom stereocenters. The minimum Gasteiger partial charge on any atom is -0.494 e. The number of carbonyl (C=O) groups excluding carboxylic acids is 2. The lowest BCUT2D eigenvalue weighted by Gasteiger charge is -2.37. The van der Waals surface area contributed by atoms with Crippen LogP contribution in [0.1, 0.15) is 50.0 Å². The Morgan fingerprint density at radius 2 is 1.90 bits per heavy atom. The summed E-state index contributed by atoms with van der Waals surface area (Å²) in [6, 6.07) is 17.4. The Morgan fingerprint density at radius 1 is 0.974 bits per heavy atom. The number of carbonyl (C=O) groups is 2. The Hall–Kier alpha value is -4.99. The summed E-state index contributed by atoms with van der Waals surface area (Å²) < 4.78 is 12.1. The van der Waals surface area contributed by atoms with Crippen molar-refractivity contribution in [3.8, 4) is 17.2 Å². The van der Waals surface area contributed by atoms with E-state index in [4.69, 9.17) is 9.47 Å². The predicted molar refractivity (Wildman–Crippen MR) is 141 cm³/mol. The fraction of sp³-hybridized carbons (Fsp3) is 0.207. The van der Waals surface area contributed by atoms with Gasteiger partial charge in [-0.25, -0.2) is 5.10 Å². The van der Waals surface area contributed by atoms with Gasteiger partial charge in [0.05, 0.1) is 24.4 Å². The third-order valence-electron chi connectivity index (χ3n) is 6.76. The molecular weight excluding hydrogens is 498 g/mol. The van der Waals surface area contributed by atoms with Gasteiger partial charge in [-0.05, 0) is 65.9 Å². The monoisotopic (exact) mass is 523 g/mol. The van der Waals surface area contributed by atoms with Gasteiger partial charge in [-0.3, -0.25) is 19.4 Å². The quantitative estimate of drug-likeness (QED) is 0.392. The molecule has 2 N–H and O–H groups in total. The molecule has 1 unspecified atom stereocenters. The van der Waals surface area contributed by atoms with Gasteiger partial charge in [-0.1, -0.05) is 18.2 Å². The van der Waals surface area contributed by atoms with Gasteiger partial charge >= 0.3 is 0 Å². The zero-order valence-corrected chi connectivity index (χ0v) is 20.9. The van der Waals surface area contributed by atoms with Crippen molar-refractivity contribution in [3.63, 3.8) is 0 Å². The van der Waals surface area contributed by atoms with E-state index in [2.05, 4.69) is 20.5 Å². The van der Waals surface area contributed by atoms with E-state index in [0.29, 0.717) is 55.4 Å². The van der Waals surface area contributed by atoms with E-state index in [0.717, 1.165) is 16.7 Å². The summed E-state index contributed by atoms with van der Waals surface area (Å²) in [5.74, 6) is 1.21. The second-order valence-corrected chi connectivity index (χ2v) is 9.36. The predicted octanol–water partition coefficient (Wildman–Crippen LogP) is 3.26. The molecule has 7 rings (SSSR count). The lowest BCUT2D eigenvalue weighted by atomic mass is 9.87. The zero-order chi connectivity index (χ0) is 26.8. The number of aromatic nitrogens is 3. The highest BCUT2D eigenvalue weighted by Gasteiger charge is 2.34. The number of nitrogens with zero attached hydrogens (tertiary/aromatic N) is 3. The lowest BCUT2D eigenvalue weighted by molar-refractivity contribution is 0.0686. The van der Waals surface area contributed by atoms with Crippen molar-refractivity contribution in [3.05, 3.63) is 111 Å². The maximum atomic E-state index is 13.6. The number of rotatable bonds is 1.